The van der Waals surface area contributed by atoms with Gasteiger partial charge in [0.25, 0.3) is 0 Å². The molecule has 1 saturated heterocycles. The number of aromatic nitrogens is 3. The summed E-state index contributed by atoms with van der Waals surface area (Å²) in [5, 5.41) is 4.75. The van der Waals surface area contributed by atoms with Crippen LogP contribution in [0.3, 0.4) is 0 Å². The summed E-state index contributed by atoms with van der Waals surface area (Å²) in [4.78, 5) is 9.37. The number of nitrogens with zero attached hydrogens (tertiary/aromatic N) is 3. The van der Waals surface area contributed by atoms with Crippen molar-refractivity contribution in [2.45, 2.75) is 32.7 Å². The van der Waals surface area contributed by atoms with Crippen LogP contribution in [0.5, 0.6) is 0 Å². The van der Waals surface area contributed by atoms with E-state index < -0.39 is 0 Å². The van der Waals surface area contributed by atoms with E-state index in [0.717, 1.165) is 54.2 Å². The molecule has 152 valence electrons. The number of rotatable bonds is 4. The van der Waals surface area contributed by atoms with Crippen LogP contribution in [-0.2, 0) is 4.74 Å². The molecule has 0 radical (unpaired) electrons. The minimum atomic E-state index is 0.365. The van der Waals surface area contributed by atoms with Crippen LogP contribution in [0.1, 0.15) is 24.0 Å². The van der Waals surface area contributed by atoms with Crippen LogP contribution in [-0.4, -0.2) is 33.8 Å². The maximum Gasteiger partial charge on any atom is 0.150 e. The SMILES string of the molecule is Cc1cccc(-n2cc(-c3ccccc3C)c3c(NC4CCOCC4)ncnc32)c1. The predicted molar refractivity (Wildman–Crippen MR) is 121 cm³/mol. The predicted octanol–water partition coefficient (Wildman–Crippen LogP) is 5.30. The fraction of sp³-hybridized carbons (Fsp3) is 0.280. The van der Waals surface area contributed by atoms with Gasteiger partial charge in [0, 0.05) is 36.7 Å². The quantitative estimate of drug-likeness (QED) is 0.507. The number of benzene rings is 2. The maximum atomic E-state index is 5.53. The first kappa shape index (κ1) is 18.8. The van der Waals surface area contributed by atoms with Crippen molar-refractivity contribution in [3.63, 3.8) is 0 Å². The topological polar surface area (TPSA) is 52.0 Å². The molecule has 0 spiro atoms. The van der Waals surface area contributed by atoms with E-state index >= 15 is 0 Å². The molecule has 2 aromatic heterocycles. The summed E-state index contributed by atoms with van der Waals surface area (Å²) in [6.07, 6.45) is 5.84. The van der Waals surface area contributed by atoms with Crippen molar-refractivity contribution >= 4 is 16.9 Å². The molecule has 0 saturated carbocycles. The Morgan fingerprint density at radius 1 is 0.967 bits per heavy atom. The van der Waals surface area contributed by atoms with Crippen molar-refractivity contribution in [3.05, 3.63) is 72.2 Å². The van der Waals surface area contributed by atoms with Crippen LogP contribution in [0.2, 0.25) is 0 Å². The average Bonchev–Trinajstić information content (AvgIpc) is 3.15. The molecule has 5 heteroatoms. The Balaban J connectivity index is 1.73. The molecule has 4 aromatic rings. The Morgan fingerprint density at radius 2 is 1.80 bits per heavy atom. The highest BCUT2D eigenvalue weighted by Gasteiger charge is 2.21. The molecule has 5 nitrogen and oxygen atoms in total. The lowest BCUT2D eigenvalue weighted by Gasteiger charge is -2.24. The fourth-order valence-corrected chi connectivity index (χ4v) is 4.26. The van der Waals surface area contributed by atoms with Gasteiger partial charge in [-0.1, -0.05) is 36.4 Å². The van der Waals surface area contributed by atoms with Crippen molar-refractivity contribution < 1.29 is 4.74 Å². The smallest absolute Gasteiger partial charge is 0.150 e. The average molecular weight is 399 g/mol. The summed E-state index contributed by atoms with van der Waals surface area (Å²) in [7, 11) is 0. The summed E-state index contributed by atoms with van der Waals surface area (Å²) >= 11 is 0. The van der Waals surface area contributed by atoms with Gasteiger partial charge in [0.1, 0.15) is 12.1 Å². The zero-order valence-electron chi connectivity index (χ0n) is 17.4. The molecule has 3 heterocycles. The summed E-state index contributed by atoms with van der Waals surface area (Å²) in [5.41, 5.74) is 6.85. The lowest BCUT2D eigenvalue weighted by Crippen LogP contribution is -2.28. The highest BCUT2D eigenvalue weighted by molar-refractivity contribution is 6.02. The van der Waals surface area contributed by atoms with Crippen molar-refractivity contribution in [2.24, 2.45) is 0 Å². The van der Waals surface area contributed by atoms with Crippen molar-refractivity contribution in [1.29, 1.82) is 0 Å². The van der Waals surface area contributed by atoms with Gasteiger partial charge in [-0.25, -0.2) is 9.97 Å². The van der Waals surface area contributed by atoms with E-state index in [-0.39, 0.29) is 0 Å². The molecule has 0 unspecified atom stereocenters. The monoisotopic (exact) mass is 398 g/mol. The van der Waals surface area contributed by atoms with Crippen molar-refractivity contribution in [1.82, 2.24) is 14.5 Å². The number of hydrogen-bond acceptors (Lipinski definition) is 4. The van der Waals surface area contributed by atoms with Gasteiger partial charge in [-0.3, -0.25) is 0 Å². The molecule has 0 bridgehead atoms. The van der Waals surface area contributed by atoms with Gasteiger partial charge in [0.2, 0.25) is 0 Å². The molecule has 1 fully saturated rings. The number of aryl methyl sites for hydroxylation is 2. The molecule has 30 heavy (non-hydrogen) atoms. The van der Waals surface area contributed by atoms with Crippen LogP contribution in [0.15, 0.2) is 61.1 Å². The Kier molecular flexibility index (Phi) is 4.97. The van der Waals surface area contributed by atoms with E-state index in [9.17, 15) is 0 Å². The van der Waals surface area contributed by atoms with E-state index in [4.69, 9.17) is 9.72 Å². The van der Waals surface area contributed by atoms with Gasteiger partial charge in [0.05, 0.1) is 5.39 Å². The number of fused-ring (bicyclic) bond motifs is 1. The highest BCUT2D eigenvalue weighted by atomic mass is 16.5. The Morgan fingerprint density at radius 3 is 2.60 bits per heavy atom. The van der Waals surface area contributed by atoms with Gasteiger partial charge < -0.3 is 14.6 Å². The molecule has 0 amide bonds. The van der Waals surface area contributed by atoms with E-state index in [1.165, 1.54) is 16.7 Å². The lowest BCUT2D eigenvalue weighted by atomic mass is 10.0. The van der Waals surface area contributed by atoms with Crippen molar-refractivity contribution in [3.8, 4) is 16.8 Å². The molecule has 5 rings (SSSR count). The third-order valence-corrected chi connectivity index (χ3v) is 5.86. The van der Waals surface area contributed by atoms with E-state index in [2.05, 4.69) is 83.4 Å². The second-order valence-electron chi connectivity index (χ2n) is 8.02. The number of ether oxygens (including phenoxy) is 1. The minimum Gasteiger partial charge on any atom is -0.381 e. The highest BCUT2D eigenvalue weighted by Crippen LogP contribution is 2.37. The normalized spacial score (nSPS) is 14.9. The molecule has 0 aliphatic carbocycles. The Bertz CT molecular complexity index is 1190. The largest absolute Gasteiger partial charge is 0.381 e. The third kappa shape index (κ3) is 3.46. The van der Waals surface area contributed by atoms with Gasteiger partial charge in [-0.15, -0.1) is 0 Å². The Labute approximate surface area is 176 Å². The molecule has 0 atom stereocenters. The number of hydrogen-bond donors (Lipinski definition) is 1. The lowest BCUT2D eigenvalue weighted by molar-refractivity contribution is 0.0904. The molecule has 2 aromatic carbocycles. The van der Waals surface area contributed by atoms with Gasteiger partial charge >= 0.3 is 0 Å². The van der Waals surface area contributed by atoms with Crippen LogP contribution in [0.4, 0.5) is 5.82 Å². The zero-order chi connectivity index (χ0) is 20.5. The molecule has 1 aliphatic heterocycles. The summed E-state index contributed by atoms with van der Waals surface area (Å²) in [6, 6.07) is 17.4. The second-order valence-corrected chi connectivity index (χ2v) is 8.02. The minimum absolute atomic E-state index is 0.365. The van der Waals surface area contributed by atoms with Crippen LogP contribution < -0.4 is 5.32 Å². The van der Waals surface area contributed by atoms with Crippen LogP contribution >= 0.6 is 0 Å². The third-order valence-electron chi connectivity index (χ3n) is 5.86. The van der Waals surface area contributed by atoms with Crippen LogP contribution in [0, 0.1) is 13.8 Å². The standard InChI is InChI=1S/C25H26N4O/c1-17-6-5-8-20(14-17)29-15-22(21-9-4-3-7-18(21)2)23-24(26-16-27-25(23)29)28-19-10-12-30-13-11-19/h3-9,14-16,19H,10-13H2,1-2H3,(H,26,27,28). The van der Waals surface area contributed by atoms with Crippen molar-refractivity contribution in [2.75, 3.05) is 18.5 Å². The zero-order valence-corrected chi connectivity index (χ0v) is 17.4. The molecule has 1 N–H and O–H groups in total. The van der Waals surface area contributed by atoms with Gasteiger partial charge in [-0.2, -0.15) is 0 Å². The molecule has 1 aliphatic rings. The molecular weight excluding hydrogens is 372 g/mol. The van der Waals surface area contributed by atoms with E-state index in [1.807, 2.05) is 0 Å². The summed E-state index contributed by atoms with van der Waals surface area (Å²) in [5.74, 6) is 0.900. The van der Waals surface area contributed by atoms with E-state index in [0.29, 0.717) is 6.04 Å². The summed E-state index contributed by atoms with van der Waals surface area (Å²) in [6.45, 7) is 5.85. The first-order valence-corrected chi connectivity index (χ1v) is 10.5. The maximum absolute atomic E-state index is 5.53. The second kappa shape index (κ2) is 7.92. The van der Waals surface area contributed by atoms with Gasteiger partial charge in [-0.05, 0) is 55.5 Å². The van der Waals surface area contributed by atoms with E-state index in [1.54, 1.807) is 6.33 Å². The first-order valence-electron chi connectivity index (χ1n) is 10.5. The van der Waals surface area contributed by atoms with Gasteiger partial charge in [0.15, 0.2) is 5.65 Å². The Hall–Kier alpha value is -3.18. The fourth-order valence-electron chi connectivity index (χ4n) is 4.26. The summed E-state index contributed by atoms with van der Waals surface area (Å²) < 4.78 is 7.71. The van der Waals surface area contributed by atoms with Crippen LogP contribution in [0.25, 0.3) is 27.8 Å². The first-order chi connectivity index (χ1) is 14.7. The number of anilines is 1. The number of nitrogens with one attached hydrogen (secondary N) is 1. The molecular formula is C25H26N4O.